The molecule has 0 aromatic carbocycles. The van der Waals surface area contributed by atoms with Crippen LogP contribution in [0, 0.1) is 18.8 Å². The van der Waals surface area contributed by atoms with E-state index in [1.165, 1.54) is 4.57 Å². The maximum atomic E-state index is 13.1. The number of rotatable bonds is 3. The average molecular weight is 455 g/mol. The Bertz CT molecular complexity index is 1110. The van der Waals surface area contributed by atoms with Crippen molar-refractivity contribution in [2.45, 2.75) is 33.1 Å². The van der Waals surface area contributed by atoms with Crippen LogP contribution < -0.4 is 10.5 Å². The summed E-state index contributed by atoms with van der Waals surface area (Å²) < 4.78 is 40.2. The number of nitrogens with zero attached hydrogens (tertiary/aromatic N) is 4. The Morgan fingerprint density at radius 1 is 1.29 bits per heavy atom. The molecule has 1 saturated heterocycles. The molecule has 10 heteroatoms. The van der Waals surface area contributed by atoms with Gasteiger partial charge in [-0.15, -0.1) is 0 Å². The number of carbonyl (C=O) groups is 1. The van der Waals surface area contributed by atoms with Crippen LogP contribution in [-0.4, -0.2) is 33.4 Å². The molecular weight excluding hydrogens is 433 g/mol. The maximum absolute atomic E-state index is 13.1. The molecule has 0 aliphatic carbocycles. The first-order valence-corrected chi connectivity index (χ1v) is 10.3. The van der Waals surface area contributed by atoms with E-state index in [9.17, 15) is 22.8 Å². The molecule has 6 nitrogen and oxygen atoms in total. The van der Waals surface area contributed by atoms with Gasteiger partial charge in [0.1, 0.15) is 10.7 Å². The third-order valence-electron chi connectivity index (χ3n) is 6.43. The summed E-state index contributed by atoms with van der Waals surface area (Å²) in [6, 6.07) is 2.58. The van der Waals surface area contributed by atoms with Crippen LogP contribution in [0.15, 0.2) is 23.1 Å². The second kappa shape index (κ2) is 7.55. The largest absolute Gasteiger partial charge is 0.433 e. The highest BCUT2D eigenvalue weighted by atomic mass is 35.5. The normalized spacial score (nSPS) is 17.5. The number of carbonyl (C=O) groups excluding carboxylic acids is 1. The van der Waals surface area contributed by atoms with Crippen LogP contribution in [0.25, 0.3) is 0 Å². The summed E-state index contributed by atoms with van der Waals surface area (Å²) in [6.45, 7) is 5.37. The summed E-state index contributed by atoms with van der Waals surface area (Å²) in [5.74, 6) is -0.288. The third kappa shape index (κ3) is 3.69. The fraction of sp³-hybridized carbons (Fsp3) is 0.476. The van der Waals surface area contributed by atoms with Gasteiger partial charge in [-0.1, -0.05) is 18.5 Å². The Morgan fingerprint density at radius 2 is 1.97 bits per heavy atom. The molecule has 166 valence electrons. The van der Waals surface area contributed by atoms with Crippen molar-refractivity contribution in [2.75, 3.05) is 18.0 Å². The second-order valence-corrected chi connectivity index (χ2v) is 8.65. The minimum absolute atomic E-state index is 0.0328. The van der Waals surface area contributed by atoms with Gasteiger partial charge in [-0.25, -0.2) is 0 Å². The predicted molar refractivity (Wildman–Crippen MR) is 110 cm³/mol. The first-order valence-electron chi connectivity index (χ1n) is 9.92. The Hall–Kier alpha value is -2.55. The van der Waals surface area contributed by atoms with E-state index in [1.54, 1.807) is 24.9 Å². The number of anilines is 1. The Balaban J connectivity index is 1.42. The number of aromatic nitrogens is 2. The average Bonchev–Trinajstić information content (AvgIpc) is 3.14. The summed E-state index contributed by atoms with van der Waals surface area (Å²) in [6.07, 6.45) is -3.34. The van der Waals surface area contributed by atoms with Gasteiger partial charge >= 0.3 is 6.18 Å². The Morgan fingerprint density at radius 3 is 2.61 bits per heavy atom. The van der Waals surface area contributed by atoms with Gasteiger partial charge < -0.3 is 14.4 Å². The molecule has 4 rings (SSSR count). The highest BCUT2D eigenvalue weighted by Gasteiger charge is 2.40. The number of hydrogen-bond acceptors (Lipinski definition) is 4. The van der Waals surface area contributed by atoms with Crippen molar-refractivity contribution in [1.82, 2.24) is 14.5 Å². The molecule has 2 aromatic rings. The van der Waals surface area contributed by atoms with E-state index in [4.69, 9.17) is 11.6 Å². The molecule has 1 atom stereocenters. The molecule has 0 N–H and O–H groups in total. The summed E-state index contributed by atoms with van der Waals surface area (Å²) >= 11 is 6.13. The van der Waals surface area contributed by atoms with Gasteiger partial charge in [0.15, 0.2) is 0 Å². The smallest absolute Gasteiger partial charge is 0.371 e. The molecule has 1 fully saturated rings. The molecule has 31 heavy (non-hydrogen) atoms. The van der Waals surface area contributed by atoms with Crippen molar-refractivity contribution in [2.24, 2.45) is 18.9 Å². The lowest BCUT2D eigenvalue weighted by Crippen LogP contribution is -2.52. The SMILES string of the molecule is Cc1c2c(n(C)c(=O)c1Cl)CN(C(=O)C(C)C1CN(c3ccnc(C(F)(F)F)c3)C1)C2. The topological polar surface area (TPSA) is 58.4 Å². The van der Waals surface area contributed by atoms with Gasteiger partial charge in [0.25, 0.3) is 5.56 Å². The number of amides is 1. The van der Waals surface area contributed by atoms with Crippen molar-refractivity contribution in [3.05, 3.63) is 56.2 Å². The molecule has 2 aliphatic rings. The molecule has 1 unspecified atom stereocenters. The fourth-order valence-corrected chi connectivity index (χ4v) is 4.52. The molecule has 2 aromatic heterocycles. The maximum Gasteiger partial charge on any atom is 0.433 e. The highest BCUT2D eigenvalue weighted by molar-refractivity contribution is 6.31. The summed E-state index contributed by atoms with van der Waals surface area (Å²) in [7, 11) is 1.65. The van der Waals surface area contributed by atoms with Crippen LogP contribution in [0.3, 0.4) is 0 Å². The second-order valence-electron chi connectivity index (χ2n) is 8.27. The first kappa shape index (κ1) is 21.7. The molecule has 0 saturated carbocycles. The lowest BCUT2D eigenvalue weighted by Gasteiger charge is -2.44. The van der Waals surface area contributed by atoms with Gasteiger partial charge in [-0.05, 0) is 30.2 Å². The zero-order valence-corrected chi connectivity index (χ0v) is 18.1. The van der Waals surface area contributed by atoms with E-state index in [1.807, 2.05) is 11.8 Å². The fourth-order valence-electron chi connectivity index (χ4n) is 4.28. The number of hydrogen-bond donors (Lipinski definition) is 0. The van der Waals surface area contributed by atoms with Crippen molar-refractivity contribution >= 4 is 23.2 Å². The Kier molecular flexibility index (Phi) is 5.28. The van der Waals surface area contributed by atoms with Gasteiger partial charge in [-0.3, -0.25) is 14.6 Å². The standard InChI is InChI=1S/C21H22ClF3N4O2/c1-11(13-7-28(8-13)14-4-5-26-17(6-14)21(23,24)25)19(30)29-9-15-12(2)18(22)20(31)27(3)16(15)10-29/h4-6,11,13H,7-10H2,1-3H3. The lowest BCUT2D eigenvalue weighted by atomic mass is 9.85. The predicted octanol–water partition coefficient (Wildman–Crippen LogP) is 3.38. The lowest BCUT2D eigenvalue weighted by molar-refractivity contribution is -0.141. The van der Waals surface area contributed by atoms with Crippen molar-refractivity contribution in [3.63, 3.8) is 0 Å². The molecule has 0 radical (unpaired) electrons. The van der Waals surface area contributed by atoms with Crippen LogP contribution in [0.2, 0.25) is 5.02 Å². The number of fused-ring (bicyclic) bond motifs is 1. The van der Waals surface area contributed by atoms with Crippen LogP contribution in [0.1, 0.15) is 29.4 Å². The van der Waals surface area contributed by atoms with E-state index in [2.05, 4.69) is 4.98 Å². The first-order chi connectivity index (χ1) is 14.5. The van der Waals surface area contributed by atoms with Crippen LogP contribution in [0.5, 0.6) is 0 Å². The monoisotopic (exact) mass is 454 g/mol. The van der Waals surface area contributed by atoms with Gasteiger partial charge in [0.05, 0.1) is 6.54 Å². The van der Waals surface area contributed by atoms with Crippen molar-refractivity contribution in [1.29, 1.82) is 0 Å². The summed E-state index contributed by atoms with van der Waals surface area (Å²) in [5.41, 5.74) is 1.65. The number of pyridine rings is 2. The summed E-state index contributed by atoms with van der Waals surface area (Å²) in [5, 5.41) is 0.175. The molecular formula is C21H22ClF3N4O2. The van der Waals surface area contributed by atoms with Gasteiger partial charge in [-0.2, -0.15) is 13.2 Å². The molecule has 2 aliphatic heterocycles. The summed E-state index contributed by atoms with van der Waals surface area (Å²) in [4.78, 5) is 32.2. The van der Waals surface area contributed by atoms with Gasteiger partial charge in [0, 0.05) is 56.1 Å². The van der Waals surface area contributed by atoms with E-state index in [0.29, 0.717) is 37.4 Å². The van der Waals surface area contributed by atoms with Crippen LogP contribution in [0.4, 0.5) is 18.9 Å². The highest BCUT2D eigenvalue weighted by Crippen LogP contribution is 2.35. The molecule has 1 amide bonds. The van der Waals surface area contributed by atoms with Crippen molar-refractivity contribution in [3.8, 4) is 0 Å². The van der Waals surface area contributed by atoms with Crippen LogP contribution in [-0.2, 0) is 31.1 Å². The van der Waals surface area contributed by atoms with Gasteiger partial charge in [0.2, 0.25) is 5.91 Å². The molecule has 0 bridgehead atoms. The quantitative estimate of drug-likeness (QED) is 0.713. The van der Waals surface area contributed by atoms with E-state index in [0.717, 1.165) is 23.5 Å². The minimum atomic E-state index is -4.49. The zero-order valence-electron chi connectivity index (χ0n) is 17.3. The van der Waals surface area contributed by atoms with Crippen molar-refractivity contribution < 1.29 is 18.0 Å². The van der Waals surface area contributed by atoms with Crippen LogP contribution >= 0.6 is 11.6 Å². The Labute approximate surface area is 182 Å². The minimum Gasteiger partial charge on any atom is -0.371 e. The molecule has 0 spiro atoms. The number of alkyl halides is 3. The third-order valence-corrected chi connectivity index (χ3v) is 6.88. The zero-order chi connectivity index (χ0) is 22.7. The molecule has 4 heterocycles. The van der Waals surface area contributed by atoms with E-state index >= 15 is 0 Å². The number of halogens is 4. The van der Waals surface area contributed by atoms with E-state index < -0.39 is 11.9 Å². The van der Waals surface area contributed by atoms with E-state index in [-0.39, 0.29) is 28.3 Å².